The summed E-state index contributed by atoms with van der Waals surface area (Å²) in [6.45, 7) is 0. The first kappa shape index (κ1) is 9.93. The third kappa shape index (κ3) is 1.45. The van der Waals surface area contributed by atoms with Crippen LogP contribution in [0.1, 0.15) is 0 Å². The molecular weight excluding hydrogens is 291 g/mol. The molecule has 5 heteroatoms. The molecule has 0 aromatic carbocycles. The molecule has 0 aliphatic heterocycles. The fraction of sp³-hybridized carbons (Fsp3) is 0. The zero-order valence-electron chi connectivity index (χ0n) is 8.02. The van der Waals surface area contributed by atoms with Crippen LogP contribution in [0, 0.1) is 0 Å². The first-order valence-corrected chi connectivity index (χ1v) is 5.80. The molecule has 0 saturated heterocycles. The van der Waals surface area contributed by atoms with Crippen molar-refractivity contribution >= 4 is 33.0 Å². The average molecular weight is 298 g/mol. The zero-order chi connectivity index (χ0) is 11.1. The lowest BCUT2D eigenvalue weighted by molar-refractivity contribution is 0.551. The lowest BCUT2D eigenvalue weighted by atomic mass is 10.4. The summed E-state index contributed by atoms with van der Waals surface area (Å²) >= 11 is 9.33. The molecule has 3 rings (SSSR count). The quantitative estimate of drug-likeness (QED) is 0.679. The van der Waals surface area contributed by atoms with Gasteiger partial charge in [0.05, 0.1) is 16.7 Å². The number of halogens is 2. The van der Waals surface area contributed by atoms with Crippen LogP contribution in [0.3, 0.4) is 0 Å². The van der Waals surface area contributed by atoms with Gasteiger partial charge in [-0.2, -0.15) is 0 Å². The second-order valence-corrected chi connectivity index (χ2v) is 4.49. The summed E-state index contributed by atoms with van der Waals surface area (Å²) in [7, 11) is 0. The van der Waals surface area contributed by atoms with Gasteiger partial charge in [0.15, 0.2) is 16.3 Å². The van der Waals surface area contributed by atoms with Crippen LogP contribution < -0.4 is 0 Å². The molecular formula is C11H6BrClN2O. The van der Waals surface area contributed by atoms with E-state index in [1.54, 1.807) is 6.20 Å². The smallest absolute Gasteiger partial charge is 0.180 e. The predicted molar refractivity (Wildman–Crippen MR) is 65.6 cm³/mol. The van der Waals surface area contributed by atoms with Gasteiger partial charge in [-0.3, -0.25) is 4.40 Å². The van der Waals surface area contributed by atoms with E-state index in [0.29, 0.717) is 15.5 Å². The van der Waals surface area contributed by atoms with Gasteiger partial charge in [-0.1, -0.05) is 11.6 Å². The Morgan fingerprint density at radius 2 is 2.19 bits per heavy atom. The Kier molecular flexibility index (Phi) is 2.26. The van der Waals surface area contributed by atoms with E-state index in [2.05, 4.69) is 20.9 Å². The van der Waals surface area contributed by atoms with Crippen molar-refractivity contribution in [2.75, 3.05) is 0 Å². The molecule has 3 nitrogen and oxygen atoms in total. The highest BCUT2D eigenvalue weighted by molar-refractivity contribution is 9.10. The van der Waals surface area contributed by atoms with Gasteiger partial charge in [-0.05, 0) is 40.2 Å². The third-order valence-electron chi connectivity index (χ3n) is 2.31. The van der Waals surface area contributed by atoms with Crippen molar-refractivity contribution in [1.29, 1.82) is 0 Å². The van der Waals surface area contributed by atoms with E-state index in [9.17, 15) is 0 Å². The highest BCUT2D eigenvalue weighted by Crippen LogP contribution is 2.27. The largest absolute Gasteiger partial charge is 0.446 e. The maximum absolute atomic E-state index is 6.06. The number of furan rings is 1. The molecule has 0 radical (unpaired) electrons. The van der Waals surface area contributed by atoms with Crippen molar-refractivity contribution in [2.45, 2.75) is 0 Å². The lowest BCUT2D eigenvalue weighted by Crippen LogP contribution is -1.87. The fourth-order valence-electron chi connectivity index (χ4n) is 1.60. The molecule has 0 unspecified atom stereocenters. The molecule has 0 amide bonds. The number of hydrogen-bond acceptors (Lipinski definition) is 2. The van der Waals surface area contributed by atoms with Crippen molar-refractivity contribution in [3.05, 3.63) is 46.4 Å². The van der Waals surface area contributed by atoms with Crippen LogP contribution >= 0.6 is 27.5 Å². The van der Waals surface area contributed by atoms with Crippen molar-refractivity contribution < 1.29 is 4.42 Å². The summed E-state index contributed by atoms with van der Waals surface area (Å²) in [4.78, 5) is 4.30. The van der Waals surface area contributed by atoms with Gasteiger partial charge in [0, 0.05) is 6.20 Å². The van der Waals surface area contributed by atoms with E-state index in [-0.39, 0.29) is 0 Å². The molecule has 3 aromatic rings. The molecule has 0 saturated carbocycles. The molecule has 0 fully saturated rings. The van der Waals surface area contributed by atoms with Gasteiger partial charge in [-0.15, -0.1) is 0 Å². The molecule has 0 atom stereocenters. The van der Waals surface area contributed by atoms with Gasteiger partial charge in [0.2, 0.25) is 0 Å². The van der Waals surface area contributed by atoms with Crippen molar-refractivity contribution in [1.82, 2.24) is 9.38 Å². The average Bonchev–Trinajstić information content (AvgIpc) is 2.84. The summed E-state index contributed by atoms with van der Waals surface area (Å²) in [5.74, 6) is 1.44. The van der Waals surface area contributed by atoms with Gasteiger partial charge >= 0.3 is 0 Å². The highest BCUT2D eigenvalue weighted by Gasteiger charge is 2.11. The second kappa shape index (κ2) is 3.64. The van der Waals surface area contributed by atoms with E-state index in [1.807, 2.05) is 34.9 Å². The first-order valence-electron chi connectivity index (χ1n) is 4.63. The minimum absolute atomic E-state index is 0.673. The van der Waals surface area contributed by atoms with E-state index in [0.717, 1.165) is 11.3 Å². The molecule has 0 aliphatic carbocycles. The summed E-state index contributed by atoms with van der Waals surface area (Å²) in [6, 6.07) is 7.40. The van der Waals surface area contributed by atoms with Gasteiger partial charge in [0.25, 0.3) is 0 Å². The topological polar surface area (TPSA) is 30.4 Å². The zero-order valence-corrected chi connectivity index (χ0v) is 10.4. The van der Waals surface area contributed by atoms with Gasteiger partial charge < -0.3 is 4.42 Å². The third-order valence-corrected chi connectivity index (χ3v) is 3.06. The number of imidazole rings is 1. The molecule has 3 aromatic heterocycles. The molecule has 0 spiro atoms. The maximum atomic E-state index is 6.06. The molecule has 16 heavy (non-hydrogen) atoms. The highest BCUT2D eigenvalue weighted by atomic mass is 79.9. The number of aromatic nitrogens is 2. The number of rotatable bonds is 1. The Labute approximate surface area is 105 Å². The SMILES string of the molecule is Clc1cccn2c(-c3ccc(Br)o3)ncc12. The van der Waals surface area contributed by atoms with E-state index in [1.165, 1.54) is 0 Å². The van der Waals surface area contributed by atoms with E-state index in [4.69, 9.17) is 16.0 Å². The van der Waals surface area contributed by atoms with Gasteiger partial charge in [0.1, 0.15) is 0 Å². The monoisotopic (exact) mass is 296 g/mol. The van der Waals surface area contributed by atoms with E-state index >= 15 is 0 Å². The van der Waals surface area contributed by atoms with Crippen LogP contribution in [0.4, 0.5) is 0 Å². The molecule has 0 aliphatic rings. The molecule has 0 bridgehead atoms. The normalized spacial score (nSPS) is 11.1. The Morgan fingerprint density at radius 3 is 2.94 bits per heavy atom. The summed E-state index contributed by atoms with van der Waals surface area (Å²) in [6.07, 6.45) is 3.63. The first-order chi connectivity index (χ1) is 7.75. The Bertz CT molecular complexity index is 659. The molecule has 3 heterocycles. The standard InChI is InChI=1S/C11H6BrClN2O/c12-10-4-3-9(16-10)11-14-6-8-7(13)2-1-5-15(8)11/h1-6H. The summed E-state index contributed by atoms with van der Waals surface area (Å²) in [5, 5.41) is 0.673. The number of fused-ring (bicyclic) bond motifs is 1. The van der Waals surface area contributed by atoms with Crippen LogP contribution in [-0.2, 0) is 0 Å². The Hall–Kier alpha value is -1.26. The van der Waals surface area contributed by atoms with Crippen molar-refractivity contribution in [2.24, 2.45) is 0 Å². The van der Waals surface area contributed by atoms with Crippen LogP contribution in [0.15, 0.2) is 45.7 Å². The maximum Gasteiger partial charge on any atom is 0.180 e. The minimum atomic E-state index is 0.673. The Balaban J connectivity index is 2.29. The fourth-order valence-corrected chi connectivity index (χ4v) is 2.12. The van der Waals surface area contributed by atoms with Crippen LogP contribution in [-0.4, -0.2) is 9.38 Å². The molecule has 0 N–H and O–H groups in total. The molecule has 80 valence electrons. The van der Waals surface area contributed by atoms with Crippen LogP contribution in [0.25, 0.3) is 17.1 Å². The van der Waals surface area contributed by atoms with E-state index < -0.39 is 0 Å². The van der Waals surface area contributed by atoms with Crippen molar-refractivity contribution in [3.8, 4) is 11.6 Å². The number of pyridine rings is 1. The second-order valence-electron chi connectivity index (χ2n) is 3.30. The number of nitrogens with zero attached hydrogens (tertiary/aromatic N) is 2. The lowest BCUT2D eigenvalue weighted by Gasteiger charge is -1.98. The van der Waals surface area contributed by atoms with Crippen molar-refractivity contribution in [3.63, 3.8) is 0 Å². The number of hydrogen-bond donors (Lipinski definition) is 0. The predicted octanol–water partition coefficient (Wildman–Crippen LogP) is 4.01. The summed E-state index contributed by atoms with van der Waals surface area (Å²) < 4.78 is 8.04. The van der Waals surface area contributed by atoms with Crippen LogP contribution in [0.2, 0.25) is 5.02 Å². The van der Waals surface area contributed by atoms with Crippen LogP contribution in [0.5, 0.6) is 0 Å². The minimum Gasteiger partial charge on any atom is -0.446 e. The summed E-state index contributed by atoms with van der Waals surface area (Å²) in [5.41, 5.74) is 0.867. The van der Waals surface area contributed by atoms with Gasteiger partial charge in [-0.25, -0.2) is 4.98 Å². The Morgan fingerprint density at radius 1 is 1.31 bits per heavy atom.